The molecule has 6 heteroatoms. The predicted octanol–water partition coefficient (Wildman–Crippen LogP) is 4.69. The number of hydrogen-bond donors (Lipinski definition) is 0. The van der Waals surface area contributed by atoms with E-state index in [1.807, 2.05) is 44.1 Å². The second kappa shape index (κ2) is 6.34. The molecule has 0 aliphatic heterocycles. The number of nitro benzene ring substituents is 1. The van der Waals surface area contributed by atoms with Crippen molar-refractivity contribution in [2.75, 3.05) is 19.0 Å². The van der Waals surface area contributed by atoms with Gasteiger partial charge in [-0.05, 0) is 49.2 Å². The summed E-state index contributed by atoms with van der Waals surface area (Å²) in [5, 5.41) is 19.2. The maximum Gasteiger partial charge on any atom is 0.269 e. The summed E-state index contributed by atoms with van der Waals surface area (Å²) in [6.45, 7) is 3.76. The lowest BCUT2D eigenvalue weighted by Gasteiger charge is -2.13. The van der Waals surface area contributed by atoms with Gasteiger partial charge in [0.15, 0.2) is 0 Å². The van der Waals surface area contributed by atoms with Crippen LogP contribution >= 0.6 is 0 Å². The highest BCUT2D eigenvalue weighted by molar-refractivity contribution is 5.57. The number of hydrogen-bond acceptors (Lipinski definition) is 5. The predicted molar refractivity (Wildman–Crippen MR) is 87.5 cm³/mol. The molecule has 2 aromatic rings. The van der Waals surface area contributed by atoms with Crippen molar-refractivity contribution in [3.05, 3.63) is 57.6 Å². The minimum absolute atomic E-state index is 0.0583. The fraction of sp³-hybridized carbons (Fsp3) is 0.250. The zero-order valence-electron chi connectivity index (χ0n) is 13.1. The molecule has 0 fully saturated rings. The molecular weight excluding hydrogens is 280 g/mol. The lowest BCUT2D eigenvalue weighted by molar-refractivity contribution is -0.384. The van der Waals surface area contributed by atoms with E-state index in [9.17, 15) is 10.1 Å². The normalized spacial score (nSPS) is 10.9. The molecular formula is C16H18N4O2. The van der Waals surface area contributed by atoms with E-state index in [1.54, 1.807) is 13.0 Å². The molecule has 0 radical (unpaired) electrons. The number of anilines is 1. The first kappa shape index (κ1) is 15.6. The monoisotopic (exact) mass is 298 g/mol. The van der Waals surface area contributed by atoms with Gasteiger partial charge < -0.3 is 4.90 Å². The van der Waals surface area contributed by atoms with Crippen LogP contribution in [0.5, 0.6) is 0 Å². The van der Waals surface area contributed by atoms with Crippen LogP contribution in [-0.2, 0) is 0 Å². The van der Waals surface area contributed by atoms with Crippen molar-refractivity contribution in [2.24, 2.45) is 10.2 Å². The third kappa shape index (κ3) is 3.46. The summed E-state index contributed by atoms with van der Waals surface area (Å²) in [5.74, 6) is 0. The summed E-state index contributed by atoms with van der Waals surface area (Å²) in [7, 11) is 3.96. The molecule has 2 rings (SSSR count). The number of rotatable bonds is 4. The first-order valence-corrected chi connectivity index (χ1v) is 6.83. The molecule has 0 spiro atoms. The molecule has 0 aliphatic rings. The van der Waals surface area contributed by atoms with Crippen molar-refractivity contribution >= 4 is 22.7 Å². The topological polar surface area (TPSA) is 71.1 Å². The molecule has 0 atom stereocenters. The van der Waals surface area contributed by atoms with Gasteiger partial charge in [-0.15, -0.1) is 0 Å². The van der Waals surface area contributed by atoms with Crippen LogP contribution in [0.15, 0.2) is 46.6 Å². The number of non-ortho nitro benzene ring substituents is 1. The quantitative estimate of drug-likeness (QED) is 0.467. The van der Waals surface area contributed by atoms with E-state index in [4.69, 9.17) is 0 Å². The molecule has 114 valence electrons. The number of nitro groups is 1. The molecule has 22 heavy (non-hydrogen) atoms. The summed E-state index contributed by atoms with van der Waals surface area (Å²) < 4.78 is 0. The molecule has 0 saturated carbocycles. The zero-order chi connectivity index (χ0) is 16.3. The molecule has 0 aliphatic carbocycles. The van der Waals surface area contributed by atoms with Crippen LogP contribution in [0.1, 0.15) is 11.1 Å². The van der Waals surface area contributed by atoms with Crippen LogP contribution in [0.2, 0.25) is 0 Å². The first-order valence-electron chi connectivity index (χ1n) is 6.83. The average Bonchev–Trinajstić information content (AvgIpc) is 2.46. The van der Waals surface area contributed by atoms with Crippen LogP contribution in [-0.4, -0.2) is 19.0 Å². The Morgan fingerprint density at radius 2 is 1.50 bits per heavy atom. The van der Waals surface area contributed by atoms with E-state index in [1.165, 1.54) is 12.1 Å². The lowest BCUT2D eigenvalue weighted by atomic mass is 10.1. The Bertz CT molecular complexity index is 739. The lowest BCUT2D eigenvalue weighted by Crippen LogP contribution is -2.08. The summed E-state index contributed by atoms with van der Waals surface area (Å²) in [6, 6.07) is 10.5. The Balaban J connectivity index is 2.27. The van der Waals surface area contributed by atoms with Gasteiger partial charge in [0.2, 0.25) is 0 Å². The van der Waals surface area contributed by atoms with Crippen LogP contribution in [0.4, 0.5) is 22.7 Å². The van der Waals surface area contributed by atoms with E-state index in [-0.39, 0.29) is 5.69 Å². The van der Waals surface area contributed by atoms with Crippen molar-refractivity contribution in [3.63, 3.8) is 0 Å². The van der Waals surface area contributed by atoms with Gasteiger partial charge >= 0.3 is 0 Å². The van der Waals surface area contributed by atoms with Gasteiger partial charge in [0.05, 0.1) is 16.3 Å². The van der Waals surface area contributed by atoms with Gasteiger partial charge in [0, 0.05) is 31.9 Å². The van der Waals surface area contributed by atoms with Gasteiger partial charge in [-0.2, -0.15) is 10.2 Å². The van der Waals surface area contributed by atoms with Crippen molar-refractivity contribution in [1.29, 1.82) is 0 Å². The molecule has 0 aromatic heterocycles. The Morgan fingerprint density at radius 3 is 1.95 bits per heavy atom. The Labute approximate surface area is 129 Å². The number of aryl methyl sites for hydroxylation is 2. The van der Waals surface area contributed by atoms with Gasteiger partial charge in [-0.3, -0.25) is 10.1 Å². The molecule has 0 heterocycles. The Hall–Kier alpha value is -2.76. The third-order valence-corrected chi connectivity index (χ3v) is 3.35. The molecule has 0 N–H and O–H groups in total. The third-order valence-electron chi connectivity index (χ3n) is 3.35. The van der Waals surface area contributed by atoms with E-state index in [0.29, 0.717) is 5.69 Å². The van der Waals surface area contributed by atoms with E-state index in [2.05, 4.69) is 10.2 Å². The minimum atomic E-state index is -0.419. The van der Waals surface area contributed by atoms with E-state index < -0.39 is 4.92 Å². The second-order valence-corrected chi connectivity index (χ2v) is 5.29. The molecule has 0 amide bonds. The Kier molecular flexibility index (Phi) is 4.50. The fourth-order valence-electron chi connectivity index (χ4n) is 2.00. The fourth-order valence-corrected chi connectivity index (χ4v) is 2.00. The smallest absolute Gasteiger partial charge is 0.269 e. The molecule has 0 unspecified atom stereocenters. The highest BCUT2D eigenvalue weighted by Gasteiger charge is 2.07. The number of benzene rings is 2. The number of nitrogens with zero attached hydrogens (tertiary/aromatic N) is 4. The van der Waals surface area contributed by atoms with E-state index in [0.717, 1.165) is 22.5 Å². The van der Waals surface area contributed by atoms with Crippen molar-refractivity contribution in [1.82, 2.24) is 0 Å². The van der Waals surface area contributed by atoms with Crippen LogP contribution in [0.3, 0.4) is 0 Å². The van der Waals surface area contributed by atoms with Gasteiger partial charge in [0.25, 0.3) is 5.69 Å². The standard InChI is InChI=1S/C16H18N4O2/c1-11-9-13(19(3)4)5-7-15(11)17-18-16-8-6-14(20(21)22)10-12(16)2/h5-10H,1-4H3. The van der Waals surface area contributed by atoms with Gasteiger partial charge in [-0.1, -0.05) is 0 Å². The molecule has 2 aromatic carbocycles. The van der Waals surface area contributed by atoms with Crippen molar-refractivity contribution in [2.45, 2.75) is 13.8 Å². The highest BCUT2D eigenvalue weighted by Crippen LogP contribution is 2.28. The van der Waals surface area contributed by atoms with Crippen molar-refractivity contribution in [3.8, 4) is 0 Å². The van der Waals surface area contributed by atoms with Crippen LogP contribution in [0, 0.1) is 24.0 Å². The molecule has 6 nitrogen and oxygen atoms in total. The van der Waals surface area contributed by atoms with Gasteiger partial charge in [-0.25, -0.2) is 0 Å². The first-order chi connectivity index (χ1) is 10.4. The summed E-state index contributed by atoms with van der Waals surface area (Å²) in [5.41, 5.74) is 4.31. The minimum Gasteiger partial charge on any atom is -0.378 e. The Morgan fingerprint density at radius 1 is 0.955 bits per heavy atom. The summed E-state index contributed by atoms with van der Waals surface area (Å²) in [6.07, 6.45) is 0. The summed E-state index contributed by atoms with van der Waals surface area (Å²) >= 11 is 0. The second-order valence-electron chi connectivity index (χ2n) is 5.29. The zero-order valence-corrected chi connectivity index (χ0v) is 13.1. The maximum absolute atomic E-state index is 10.7. The van der Waals surface area contributed by atoms with E-state index >= 15 is 0 Å². The molecule has 0 bridgehead atoms. The van der Waals surface area contributed by atoms with Crippen LogP contribution in [0.25, 0.3) is 0 Å². The van der Waals surface area contributed by atoms with Crippen LogP contribution < -0.4 is 4.90 Å². The molecule has 0 saturated heterocycles. The SMILES string of the molecule is Cc1cc(N(C)C)ccc1N=Nc1ccc([N+](=O)[O-])cc1C. The maximum atomic E-state index is 10.7. The summed E-state index contributed by atoms with van der Waals surface area (Å²) in [4.78, 5) is 12.3. The largest absolute Gasteiger partial charge is 0.378 e. The highest BCUT2D eigenvalue weighted by atomic mass is 16.6. The average molecular weight is 298 g/mol. The van der Waals surface area contributed by atoms with Crippen molar-refractivity contribution < 1.29 is 4.92 Å². The van der Waals surface area contributed by atoms with Gasteiger partial charge in [0.1, 0.15) is 0 Å². The number of azo groups is 1.